The number of hydrogen-bond acceptors (Lipinski definition) is 6. The van der Waals surface area contributed by atoms with Gasteiger partial charge in [-0.3, -0.25) is 14.4 Å². The first-order chi connectivity index (χ1) is 15.2. The van der Waals surface area contributed by atoms with Crippen LogP contribution in [0.5, 0.6) is 0 Å². The predicted octanol–water partition coefficient (Wildman–Crippen LogP) is 1.27. The minimum atomic E-state index is -1.35. The maximum atomic E-state index is 12.3. The van der Waals surface area contributed by atoms with Crippen molar-refractivity contribution in [1.29, 1.82) is 0 Å². The van der Waals surface area contributed by atoms with Gasteiger partial charge in [-0.1, -0.05) is 32.6 Å². The molecule has 32 heavy (non-hydrogen) atoms. The quantitative estimate of drug-likeness (QED) is 0.445. The summed E-state index contributed by atoms with van der Waals surface area (Å²) < 4.78 is 0. The predicted molar refractivity (Wildman–Crippen MR) is 116 cm³/mol. The minimum Gasteiger partial charge on any atom is -0.477 e. The Morgan fingerprint density at radius 1 is 1.16 bits per heavy atom. The van der Waals surface area contributed by atoms with Gasteiger partial charge in [0.25, 0.3) is 5.56 Å². The maximum absolute atomic E-state index is 12.3. The standard InChI is InChI=1S/C18H20N4O5.C3H3N2/c1-9(2)14(20-10(3)23)17(25)21-12-6-4-11(5-7-12)15-19-8-13(18(26)27)16(24)22-15;1-2-5-3-4-1/h4-9,14H,1-3H3,(H,20,23)(H,21,25)(H,26,27)(H,19,22,24);1-3H/q;-1/t14-;/m1./s1. The third kappa shape index (κ3) is 6.90. The summed E-state index contributed by atoms with van der Waals surface area (Å²) >= 11 is 0. The van der Waals surface area contributed by atoms with E-state index in [1.54, 1.807) is 36.7 Å². The number of carboxylic acid groups (broad SMARTS) is 1. The molecule has 3 rings (SSSR count). The van der Waals surface area contributed by atoms with Gasteiger partial charge in [0.1, 0.15) is 17.4 Å². The van der Waals surface area contributed by atoms with Crippen LogP contribution in [0.25, 0.3) is 11.4 Å². The molecular weight excluding hydrogens is 416 g/mol. The number of hydrogen-bond donors (Lipinski definition) is 4. The molecule has 0 aliphatic heterocycles. The molecule has 2 heterocycles. The lowest BCUT2D eigenvalue weighted by Gasteiger charge is -2.21. The second-order valence-electron chi connectivity index (χ2n) is 6.98. The monoisotopic (exact) mass is 439 g/mol. The van der Waals surface area contributed by atoms with Crippen molar-refractivity contribution >= 4 is 23.5 Å². The van der Waals surface area contributed by atoms with Crippen molar-refractivity contribution in [2.24, 2.45) is 5.92 Å². The van der Waals surface area contributed by atoms with Crippen molar-refractivity contribution in [3.8, 4) is 11.4 Å². The highest BCUT2D eigenvalue weighted by molar-refractivity contribution is 5.97. The molecule has 1 aromatic carbocycles. The van der Waals surface area contributed by atoms with E-state index in [1.165, 1.54) is 13.3 Å². The normalized spacial score (nSPS) is 11.1. The molecule has 0 aliphatic carbocycles. The van der Waals surface area contributed by atoms with Crippen LogP contribution >= 0.6 is 0 Å². The number of amides is 2. The number of aromatic amines is 1. The molecule has 0 fully saturated rings. The Labute approximate surface area is 183 Å². The van der Waals surface area contributed by atoms with Crippen LogP contribution in [-0.4, -0.2) is 43.9 Å². The van der Waals surface area contributed by atoms with Gasteiger partial charge in [-0.15, -0.1) is 0 Å². The van der Waals surface area contributed by atoms with E-state index < -0.39 is 23.1 Å². The van der Waals surface area contributed by atoms with E-state index in [0.29, 0.717) is 11.3 Å². The second kappa shape index (κ2) is 11.2. The van der Waals surface area contributed by atoms with E-state index in [1.807, 2.05) is 13.8 Å². The molecule has 2 amide bonds. The molecule has 0 unspecified atom stereocenters. The lowest BCUT2D eigenvalue weighted by Crippen LogP contribution is -2.46. The first-order valence-electron chi connectivity index (χ1n) is 9.56. The summed E-state index contributed by atoms with van der Waals surface area (Å²) in [6.45, 7) is 5.00. The Morgan fingerprint density at radius 3 is 2.28 bits per heavy atom. The van der Waals surface area contributed by atoms with Gasteiger partial charge in [0.15, 0.2) is 0 Å². The summed E-state index contributed by atoms with van der Waals surface area (Å²) in [4.78, 5) is 59.7. The zero-order valence-electron chi connectivity index (χ0n) is 17.7. The number of nitrogens with one attached hydrogen (secondary N) is 3. The van der Waals surface area contributed by atoms with Crippen molar-refractivity contribution in [3.05, 3.63) is 65.1 Å². The van der Waals surface area contributed by atoms with E-state index >= 15 is 0 Å². The number of benzene rings is 1. The van der Waals surface area contributed by atoms with E-state index in [-0.39, 0.29) is 23.6 Å². The number of H-pyrrole nitrogens is 1. The van der Waals surface area contributed by atoms with Crippen molar-refractivity contribution < 1.29 is 19.5 Å². The Bertz CT molecular complexity index is 1090. The molecule has 11 heteroatoms. The average molecular weight is 439 g/mol. The summed E-state index contributed by atoms with van der Waals surface area (Å²) in [6, 6.07) is 5.81. The first-order valence-corrected chi connectivity index (χ1v) is 9.56. The number of nitrogens with zero attached hydrogens (tertiary/aromatic N) is 3. The Hall–Kier alpha value is -4.28. The Morgan fingerprint density at radius 2 is 1.84 bits per heavy atom. The minimum absolute atomic E-state index is 0.0878. The van der Waals surface area contributed by atoms with Crippen LogP contribution in [-0.2, 0) is 9.59 Å². The molecule has 4 N–H and O–H groups in total. The highest BCUT2D eigenvalue weighted by Crippen LogP contribution is 2.18. The molecular formula is C21H23N6O5-. The SMILES string of the molecule is CC(=O)N[C@@H](C(=O)Nc1ccc(-c2ncc(C(=O)O)c(=O)[nH]2)cc1)C(C)C.c1c[n-]cn1. The second-order valence-corrected chi connectivity index (χ2v) is 6.98. The molecule has 0 saturated carbocycles. The molecule has 11 nitrogen and oxygen atoms in total. The zero-order chi connectivity index (χ0) is 23.7. The van der Waals surface area contributed by atoms with E-state index in [4.69, 9.17) is 5.11 Å². The summed E-state index contributed by atoms with van der Waals surface area (Å²) in [5.41, 5.74) is -0.145. The van der Waals surface area contributed by atoms with E-state index in [2.05, 4.69) is 30.6 Å². The van der Waals surface area contributed by atoms with Crippen LogP contribution in [0.2, 0.25) is 0 Å². The number of carboxylic acids is 1. The van der Waals surface area contributed by atoms with Gasteiger partial charge >= 0.3 is 5.97 Å². The summed E-state index contributed by atoms with van der Waals surface area (Å²) in [5, 5.41) is 14.2. The van der Waals surface area contributed by atoms with Gasteiger partial charge in [-0.05, 0) is 30.2 Å². The van der Waals surface area contributed by atoms with Crippen LogP contribution in [0.1, 0.15) is 31.1 Å². The molecule has 168 valence electrons. The highest BCUT2D eigenvalue weighted by Gasteiger charge is 2.23. The molecule has 0 saturated heterocycles. The molecule has 0 spiro atoms. The molecule has 0 aliphatic rings. The number of anilines is 1. The van der Waals surface area contributed by atoms with Crippen molar-refractivity contribution in [2.75, 3.05) is 5.32 Å². The lowest BCUT2D eigenvalue weighted by molar-refractivity contribution is -0.126. The third-order valence-electron chi connectivity index (χ3n) is 4.14. The van der Waals surface area contributed by atoms with Crippen molar-refractivity contribution in [2.45, 2.75) is 26.8 Å². The largest absolute Gasteiger partial charge is 0.477 e. The fourth-order valence-electron chi connectivity index (χ4n) is 2.57. The number of imidazole rings is 1. The van der Waals surface area contributed by atoms with Gasteiger partial charge in [0.05, 0.1) is 0 Å². The highest BCUT2D eigenvalue weighted by atomic mass is 16.4. The number of aromatic nitrogens is 4. The smallest absolute Gasteiger partial charge is 0.342 e. The van der Waals surface area contributed by atoms with Gasteiger partial charge in [0.2, 0.25) is 11.8 Å². The van der Waals surface area contributed by atoms with Gasteiger partial charge in [-0.25, -0.2) is 9.78 Å². The van der Waals surface area contributed by atoms with E-state index in [9.17, 15) is 19.2 Å². The zero-order valence-corrected chi connectivity index (χ0v) is 17.7. The van der Waals surface area contributed by atoms with Crippen molar-refractivity contribution in [3.63, 3.8) is 0 Å². The first kappa shape index (κ1) is 24.0. The fraction of sp³-hybridized carbons (Fsp3) is 0.238. The average Bonchev–Trinajstić information content (AvgIpc) is 3.32. The van der Waals surface area contributed by atoms with Gasteiger partial charge < -0.3 is 30.7 Å². The summed E-state index contributed by atoms with van der Waals surface area (Å²) in [7, 11) is 0. The molecule has 2 aromatic heterocycles. The molecule has 0 bridgehead atoms. The number of rotatable bonds is 6. The van der Waals surface area contributed by atoms with Crippen LogP contribution < -0.4 is 21.2 Å². The number of aromatic carboxylic acids is 1. The van der Waals surface area contributed by atoms with E-state index in [0.717, 1.165) is 6.20 Å². The summed E-state index contributed by atoms with van der Waals surface area (Å²) in [6.07, 6.45) is 5.77. The van der Waals surface area contributed by atoms with Crippen LogP contribution in [0, 0.1) is 5.92 Å². The molecule has 0 radical (unpaired) electrons. The maximum Gasteiger partial charge on any atom is 0.342 e. The Kier molecular flexibility index (Phi) is 8.40. The Balaban J connectivity index is 0.000000636. The van der Waals surface area contributed by atoms with Crippen LogP contribution in [0.4, 0.5) is 5.69 Å². The molecule has 3 aromatic rings. The van der Waals surface area contributed by atoms with Crippen LogP contribution in [0.3, 0.4) is 0 Å². The number of carbonyl (C=O) groups is 3. The fourth-order valence-corrected chi connectivity index (χ4v) is 2.57. The summed E-state index contributed by atoms with van der Waals surface area (Å²) in [5.74, 6) is -1.87. The van der Waals surface area contributed by atoms with Crippen molar-refractivity contribution in [1.82, 2.24) is 25.3 Å². The molecule has 1 atom stereocenters. The topological polar surface area (TPSA) is 168 Å². The van der Waals surface area contributed by atoms with Gasteiger partial charge in [-0.2, -0.15) is 0 Å². The van der Waals surface area contributed by atoms with Gasteiger partial charge in [0, 0.05) is 24.4 Å². The lowest BCUT2D eigenvalue weighted by atomic mass is 10.0. The number of carbonyl (C=O) groups excluding carboxylic acids is 2. The third-order valence-corrected chi connectivity index (χ3v) is 4.14. The van der Waals surface area contributed by atoms with Crippen LogP contribution in [0.15, 0.2) is 54.0 Å².